The number of alkyl halides is 3. The number of halogens is 4. The number of carbonyl (C=O) groups excluding carboxylic acids is 2. The first-order valence-electron chi connectivity index (χ1n) is 8.52. The Kier molecular flexibility index (Phi) is 5.33. The van der Waals surface area contributed by atoms with Crippen molar-refractivity contribution >= 4 is 11.8 Å². The van der Waals surface area contributed by atoms with Gasteiger partial charge >= 0.3 is 12.2 Å². The minimum absolute atomic E-state index is 0.0392. The molecule has 11 heteroatoms. The molecular formula is C19H16F4N2O5. The molecule has 0 radical (unpaired) electrons. The zero-order chi connectivity index (χ0) is 22.3. The van der Waals surface area contributed by atoms with Gasteiger partial charge in [0.05, 0.1) is 13.2 Å². The van der Waals surface area contributed by atoms with Crippen LogP contribution in [-0.2, 0) is 0 Å². The fraction of sp³-hybridized carbons (Fsp3) is 0.263. The van der Waals surface area contributed by atoms with E-state index in [4.69, 9.17) is 4.74 Å². The van der Waals surface area contributed by atoms with E-state index in [9.17, 15) is 37.4 Å². The highest BCUT2D eigenvalue weighted by atomic mass is 19.4. The maximum atomic E-state index is 13.8. The summed E-state index contributed by atoms with van der Waals surface area (Å²) in [6.45, 7) is 0. The lowest BCUT2D eigenvalue weighted by atomic mass is 9.77. The molecule has 7 nitrogen and oxygen atoms in total. The molecule has 1 aliphatic rings. The van der Waals surface area contributed by atoms with Crippen molar-refractivity contribution in [2.24, 2.45) is 5.92 Å². The van der Waals surface area contributed by atoms with Crippen LogP contribution in [0.15, 0.2) is 42.5 Å². The number of hydrogen-bond donors (Lipinski definition) is 4. The van der Waals surface area contributed by atoms with E-state index in [1.807, 2.05) is 0 Å². The summed E-state index contributed by atoms with van der Waals surface area (Å²) in [5.74, 6) is -4.64. The average Bonchev–Trinajstić information content (AvgIpc) is 2.67. The predicted octanol–water partition coefficient (Wildman–Crippen LogP) is 2.64. The Morgan fingerprint density at radius 3 is 2.37 bits per heavy atom. The summed E-state index contributed by atoms with van der Waals surface area (Å²) >= 11 is 0. The van der Waals surface area contributed by atoms with E-state index in [2.05, 4.69) is 5.32 Å². The van der Waals surface area contributed by atoms with Crippen LogP contribution in [0.1, 0.15) is 22.0 Å². The van der Waals surface area contributed by atoms with E-state index in [-0.39, 0.29) is 22.6 Å². The molecule has 3 atom stereocenters. The Bertz CT molecular complexity index is 980. The van der Waals surface area contributed by atoms with Crippen LogP contribution in [0.25, 0.3) is 0 Å². The van der Waals surface area contributed by atoms with Gasteiger partial charge < -0.3 is 25.6 Å². The standard InChI is InChI=1S/C19H16F4N2O5/c1-30-13-8-10(4-7-12(13)26)15-14(16(27)9-2-5-11(20)6-3-9)18(29,19(21,22)23)25-17(28)24-15/h2-8,14-15,26,29H,1H3,(H2,24,25,28)/t14-,15-,18+/m0/s1. The third-order valence-corrected chi connectivity index (χ3v) is 4.78. The molecule has 0 spiro atoms. The van der Waals surface area contributed by atoms with Crippen LogP contribution >= 0.6 is 0 Å². The third kappa shape index (κ3) is 3.63. The van der Waals surface area contributed by atoms with Gasteiger partial charge in [-0.05, 0) is 42.0 Å². The second-order valence-corrected chi connectivity index (χ2v) is 6.62. The van der Waals surface area contributed by atoms with E-state index in [0.29, 0.717) is 0 Å². The van der Waals surface area contributed by atoms with Gasteiger partial charge in [-0.3, -0.25) is 4.79 Å². The zero-order valence-electron chi connectivity index (χ0n) is 15.3. The molecule has 4 N–H and O–H groups in total. The second-order valence-electron chi connectivity index (χ2n) is 6.62. The number of ketones is 1. The molecule has 3 rings (SSSR count). The molecule has 2 aromatic carbocycles. The lowest BCUT2D eigenvalue weighted by Crippen LogP contribution is -2.72. The molecule has 0 aromatic heterocycles. The minimum Gasteiger partial charge on any atom is -0.504 e. The first kappa shape index (κ1) is 21.4. The van der Waals surface area contributed by atoms with Crippen molar-refractivity contribution in [1.29, 1.82) is 0 Å². The summed E-state index contributed by atoms with van der Waals surface area (Å²) in [5, 5.41) is 23.8. The lowest BCUT2D eigenvalue weighted by molar-refractivity contribution is -0.287. The fourth-order valence-corrected chi connectivity index (χ4v) is 3.30. The van der Waals surface area contributed by atoms with E-state index >= 15 is 0 Å². The van der Waals surface area contributed by atoms with Gasteiger partial charge in [-0.2, -0.15) is 13.2 Å². The molecule has 0 unspecified atom stereocenters. The molecule has 1 aliphatic heterocycles. The molecule has 1 saturated heterocycles. The number of methoxy groups -OCH3 is 1. The van der Waals surface area contributed by atoms with Crippen molar-refractivity contribution in [2.45, 2.75) is 17.9 Å². The summed E-state index contributed by atoms with van der Waals surface area (Å²) in [7, 11) is 1.20. The average molecular weight is 428 g/mol. The number of urea groups is 1. The molecule has 0 aliphatic carbocycles. The van der Waals surface area contributed by atoms with Crippen molar-refractivity contribution in [1.82, 2.24) is 10.6 Å². The largest absolute Gasteiger partial charge is 0.504 e. The highest BCUT2D eigenvalue weighted by Gasteiger charge is 2.66. The molecule has 1 fully saturated rings. The van der Waals surface area contributed by atoms with Gasteiger partial charge in [0, 0.05) is 5.56 Å². The van der Waals surface area contributed by atoms with Crippen LogP contribution in [0.3, 0.4) is 0 Å². The molecule has 2 amide bonds. The number of Topliss-reactive ketones (excluding diaryl/α,β-unsaturated/α-hetero) is 1. The maximum Gasteiger partial charge on any atom is 0.437 e. The second kappa shape index (κ2) is 7.48. The van der Waals surface area contributed by atoms with Gasteiger partial charge in [0.15, 0.2) is 17.3 Å². The molecule has 0 bridgehead atoms. The van der Waals surface area contributed by atoms with Gasteiger partial charge in [-0.25, -0.2) is 9.18 Å². The third-order valence-electron chi connectivity index (χ3n) is 4.78. The molecule has 2 aromatic rings. The van der Waals surface area contributed by atoms with Crippen LogP contribution in [0.2, 0.25) is 0 Å². The quantitative estimate of drug-likeness (QED) is 0.443. The van der Waals surface area contributed by atoms with E-state index in [1.54, 1.807) is 0 Å². The Hall–Kier alpha value is -3.34. The summed E-state index contributed by atoms with van der Waals surface area (Å²) in [6, 6.07) is 4.10. The van der Waals surface area contributed by atoms with Crippen LogP contribution in [0.5, 0.6) is 11.5 Å². The van der Waals surface area contributed by atoms with Crippen LogP contribution < -0.4 is 15.4 Å². The number of ether oxygens (including phenoxy) is 1. The molecule has 1 heterocycles. The molecule has 0 saturated carbocycles. The Morgan fingerprint density at radius 2 is 1.80 bits per heavy atom. The Labute approximate surface area is 167 Å². The number of hydrogen-bond acceptors (Lipinski definition) is 5. The number of nitrogens with one attached hydrogen (secondary N) is 2. The van der Waals surface area contributed by atoms with E-state index < -0.39 is 41.5 Å². The Morgan fingerprint density at radius 1 is 1.17 bits per heavy atom. The summed E-state index contributed by atoms with van der Waals surface area (Å²) < 4.78 is 59.6. The monoisotopic (exact) mass is 428 g/mol. The lowest BCUT2D eigenvalue weighted by Gasteiger charge is -2.45. The van der Waals surface area contributed by atoms with Gasteiger partial charge in [-0.1, -0.05) is 6.07 Å². The smallest absolute Gasteiger partial charge is 0.437 e. The summed E-state index contributed by atoms with van der Waals surface area (Å²) in [5.41, 5.74) is -4.27. The number of phenolic OH excluding ortho intramolecular Hbond substituents is 1. The molecule has 160 valence electrons. The van der Waals surface area contributed by atoms with E-state index in [1.165, 1.54) is 18.5 Å². The summed E-state index contributed by atoms with van der Waals surface area (Å²) in [6.07, 6.45) is -5.43. The van der Waals surface area contributed by atoms with Gasteiger partial charge in [-0.15, -0.1) is 0 Å². The normalized spacial score (nSPS) is 24.0. The zero-order valence-corrected chi connectivity index (χ0v) is 15.3. The van der Waals surface area contributed by atoms with Gasteiger partial charge in [0.25, 0.3) is 0 Å². The number of phenols is 1. The Balaban J connectivity index is 2.18. The van der Waals surface area contributed by atoms with Crippen molar-refractivity contribution in [3.05, 3.63) is 59.4 Å². The van der Waals surface area contributed by atoms with Crippen LogP contribution in [-0.4, -0.2) is 41.0 Å². The molecule has 30 heavy (non-hydrogen) atoms. The molecular weight excluding hydrogens is 412 g/mol. The van der Waals surface area contributed by atoms with Crippen molar-refractivity contribution < 1.29 is 42.1 Å². The number of benzene rings is 2. The highest BCUT2D eigenvalue weighted by Crippen LogP contribution is 2.45. The topological polar surface area (TPSA) is 108 Å². The van der Waals surface area contributed by atoms with Crippen LogP contribution in [0, 0.1) is 11.7 Å². The fourth-order valence-electron chi connectivity index (χ4n) is 3.30. The van der Waals surface area contributed by atoms with Gasteiger partial charge in [0.1, 0.15) is 11.7 Å². The van der Waals surface area contributed by atoms with Crippen molar-refractivity contribution in [3.8, 4) is 11.5 Å². The maximum absolute atomic E-state index is 13.8. The number of amides is 2. The van der Waals surface area contributed by atoms with Crippen molar-refractivity contribution in [2.75, 3.05) is 7.11 Å². The van der Waals surface area contributed by atoms with Crippen molar-refractivity contribution in [3.63, 3.8) is 0 Å². The first-order chi connectivity index (χ1) is 14.0. The number of carbonyl (C=O) groups is 2. The number of aromatic hydroxyl groups is 1. The number of rotatable bonds is 4. The minimum atomic E-state index is -5.43. The van der Waals surface area contributed by atoms with Gasteiger partial charge in [0.2, 0.25) is 5.72 Å². The first-order valence-corrected chi connectivity index (χ1v) is 8.52. The van der Waals surface area contributed by atoms with E-state index in [0.717, 1.165) is 36.4 Å². The SMILES string of the molecule is COc1cc([C@@H]2NC(=O)N[C@](O)(C(F)(F)F)[C@@H]2C(=O)c2ccc(F)cc2)ccc1O. The number of aliphatic hydroxyl groups is 1. The predicted molar refractivity (Wildman–Crippen MR) is 94.3 cm³/mol. The highest BCUT2D eigenvalue weighted by molar-refractivity contribution is 6.00. The summed E-state index contributed by atoms with van der Waals surface area (Å²) in [4.78, 5) is 25.0. The van der Waals surface area contributed by atoms with Crippen LogP contribution in [0.4, 0.5) is 22.4 Å².